The molecule has 0 aromatic heterocycles. The number of nitrogens with zero attached hydrogens (tertiary/aromatic N) is 1. The van der Waals surface area contributed by atoms with Crippen molar-refractivity contribution in [3.05, 3.63) is 108 Å². The second-order valence-electron chi connectivity index (χ2n) is 8.26. The maximum absolute atomic E-state index is 13.3. The zero-order valence-electron chi connectivity index (χ0n) is 17.3. The van der Waals surface area contributed by atoms with E-state index in [1.165, 1.54) is 12.7 Å². The molecule has 2 aliphatic rings. The summed E-state index contributed by atoms with van der Waals surface area (Å²) in [5.74, 6) is -0.166. The summed E-state index contributed by atoms with van der Waals surface area (Å²) in [5.41, 5.74) is 4.40. The number of benzene rings is 3. The van der Waals surface area contributed by atoms with Gasteiger partial charge in [0.15, 0.2) is 0 Å². The van der Waals surface area contributed by atoms with Crippen LogP contribution < -0.4 is 4.90 Å². The van der Waals surface area contributed by atoms with Gasteiger partial charge >= 0.3 is 5.97 Å². The zero-order chi connectivity index (χ0) is 20.8. The number of methoxy groups -OCH3 is 1. The van der Waals surface area contributed by atoms with Crippen LogP contribution >= 0.6 is 0 Å². The van der Waals surface area contributed by atoms with Crippen molar-refractivity contribution in [1.82, 2.24) is 0 Å². The molecule has 150 valence electrons. The van der Waals surface area contributed by atoms with E-state index in [0.29, 0.717) is 0 Å². The molecule has 0 N–H and O–H groups in total. The molecular formula is C27H25NO2. The Balaban J connectivity index is 1.80. The predicted octanol–water partition coefficient (Wildman–Crippen LogP) is 5.70. The fraction of sp³-hybridized carbons (Fsp3) is 0.222. The van der Waals surface area contributed by atoms with Gasteiger partial charge in [-0.1, -0.05) is 78.4 Å². The molecular weight excluding hydrogens is 370 g/mol. The molecule has 1 heterocycles. The fourth-order valence-electron chi connectivity index (χ4n) is 5.27. The molecule has 0 amide bonds. The number of fused-ring (bicyclic) bond motifs is 1. The van der Waals surface area contributed by atoms with Crippen LogP contribution in [0.5, 0.6) is 0 Å². The van der Waals surface area contributed by atoms with Crippen LogP contribution in [0.25, 0.3) is 5.70 Å². The molecule has 3 aromatic rings. The minimum Gasteiger partial charge on any atom is -0.468 e. The van der Waals surface area contributed by atoms with Crippen LogP contribution in [-0.4, -0.2) is 13.1 Å². The molecule has 0 bridgehead atoms. The van der Waals surface area contributed by atoms with Gasteiger partial charge in [-0.2, -0.15) is 0 Å². The molecule has 0 radical (unpaired) electrons. The van der Waals surface area contributed by atoms with Crippen LogP contribution in [0.3, 0.4) is 0 Å². The minimum absolute atomic E-state index is 0.166. The summed E-state index contributed by atoms with van der Waals surface area (Å²) in [6.07, 6.45) is 3.81. The van der Waals surface area contributed by atoms with Crippen molar-refractivity contribution < 1.29 is 9.53 Å². The van der Waals surface area contributed by atoms with E-state index in [4.69, 9.17) is 4.74 Å². The molecule has 1 aliphatic carbocycles. The Morgan fingerprint density at radius 1 is 0.867 bits per heavy atom. The van der Waals surface area contributed by atoms with E-state index in [1.54, 1.807) is 0 Å². The van der Waals surface area contributed by atoms with E-state index < -0.39 is 11.0 Å². The maximum atomic E-state index is 13.3. The lowest BCUT2D eigenvalue weighted by Crippen LogP contribution is -2.63. The molecule has 0 unspecified atom stereocenters. The predicted molar refractivity (Wildman–Crippen MR) is 120 cm³/mol. The third-order valence-electron chi connectivity index (χ3n) is 6.79. The van der Waals surface area contributed by atoms with Crippen LogP contribution in [0.4, 0.5) is 5.69 Å². The second-order valence-corrected chi connectivity index (χ2v) is 8.26. The van der Waals surface area contributed by atoms with Crippen molar-refractivity contribution in [3.8, 4) is 0 Å². The van der Waals surface area contributed by atoms with Crippen LogP contribution in [0, 0.1) is 12.3 Å². The highest BCUT2D eigenvalue weighted by atomic mass is 16.5. The molecule has 1 saturated carbocycles. The van der Waals surface area contributed by atoms with E-state index in [9.17, 15) is 4.79 Å². The summed E-state index contributed by atoms with van der Waals surface area (Å²) in [7, 11) is 1.50. The number of esters is 1. The SMILES string of the molecule is COC(=O)[C@@]12C=C(c3ccccc3)N(c3ccc(C)cc3)[C@]1(c1ccccc1)CC2. The number of ether oxygens (including phenoxy) is 1. The van der Waals surface area contributed by atoms with Crippen molar-refractivity contribution in [2.75, 3.05) is 12.0 Å². The van der Waals surface area contributed by atoms with Crippen molar-refractivity contribution in [2.24, 2.45) is 5.41 Å². The standard InChI is InChI=1S/C27H25NO2/c1-20-13-15-23(16-14-20)28-24(21-9-5-3-6-10-21)19-26(25(29)30-2)17-18-27(26,28)22-11-7-4-8-12-22/h3-16,19H,17-18H2,1-2H3/t26-,27+/m1/s1. The Morgan fingerprint density at radius 2 is 1.50 bits per heavy atom. The van der Waals surface area contributed by atoms with Crippen LogP contribution in [-0.2, 0) is 15.1 Å². The average Bonchev–Trinajstić information content (AvgIpc) is 2.99. The number of hydrogen-bond acceptors (Lipinski definition) is 3. The summed E-state index contributed by atoms with van der Waals surface area (Å²) in [6, 6.07) is 29.3. The van der Waals surface area contributed by atoms with Crippen molar-refractivity contribution in [3.63, 3.8) is 0 Å². The Morgan fingerprint density at radius 3 is 2.07 bits per heavy atom. The molecule has 3 heteroatoms. The molecule has 5 rings (SSSR count). The fourth-order valence-corrected chi connectivity index (χ4v) is 5.27. The van der Waals surface area contributed by atoms with Gasteiger partial charge in [-0.05, 0) is 49.1 Å². The van der Waals surface area contributed by atoms with Crippen LogP contribution in [0.2, 0.25) is 0 Å². The number of anilines is 1. The van der Waals surface area contributed by atoms with E-state index in [-0.39, 0.29) is 5.97 Å². The maximum Gasteiger partial charge on any atom is 0.318 e. The molecule has 3 nitrogen and oxygen atoms in total. The first kappa shape index (κ1) is 18.7. The summed E-state index contributed by atoms with van der Waals surface area (Å²) >= 11 is 0. The first-order valence-electron chi connectivity index (χ1n) is 10.4. The van der Waals surface area contributed by atoms with Gasteiger partial charge in [0.25, 0.3) is 0 Å². The van der Waals surface area contributed by atoms with E-state index >= 15 is 0 Å². The third kappa shape index (κ3) is 2.41. The first-order chi connectivity index (χ1) is 14.6. The number of hydrogen-bond donors (Lipinski definition) is 0. The minimum atomic E-state index is -0.709. The Labute approximate surface area is 177 Å². The summed E-state index contributed by atoms with van der Waals surface area (Å²) in [4.78, 5) is 15.7. The van der Waals surface area contributed by atoms with Crippen molar-refractivity contribution >= 4 is 17.4 Å². The highest BCUT2D eigenvalue weighted by Crippen LogP contribution is 2.68. The number of rotatable bonds is 4. The van der Waals surface area contributed by atoms with Crippen molar-refractivity contribution in [1.29, 1.82) is 0 Å². The Hall–Kier alpha value is -3.33. The van der Waals surface area contributed by atoms with Crippen molar-refractivity contribution in [2.45, 2.75) is 25.3 Å². The van der Waals surface area contributed by atoms with Gasteiger partial charge < -0.3 is 9.64 Å². The lowest BCUT2D eigenvalue weighted by atomic mass is 9.52. The van der Waals surface area contributed by atoms with Gasteiger partial charge in [-0.15, -0.1) is 0 Å². The quantitative estimate of drug-likeness (QED) is 0.530. The average molecular weight is 396 g/mol. The lowest BCUT2D eigenvalue weighted by molar-refractivity contribution is -0.160. The molecule has 0 spiro atoms. The van der Waals surface area contributed by atoms with Gasteiger partial charge in [-0.25, -0.2) is 0 Å². The normalized spacial score (nSPS) is 24.6. The van der Waals surface area contributed by atoms with Crippen LogP contribution in [0.15, 0.2) is 91.0 Å². The molecule has 1 fully saturated rings. The molecule has 3 aromatic carbocycles. The second kappa shape index (κ2) is 6.88. The van der Waals surface area contributed by atoms with Gasteiger partial charge in [0.2, 0.25) is 0 Å². The summed E-state index contributed by atoms with van der Waals surface area (Å²) in [6.45, 7) is 2.09. The van der Waals surface area contributed by atoms with Gasteiger partial charge in [-0.3, -0.25) is 4.79 Å². The third-order valence-corrected chi connectivity index (χ3v) is 6.79. The largest absolute Gasteiger partial charge is 0.468 e. The lowest BCUT2D eigenvalue weighted by Gasteiger charge is -2.57. The van der Waals surface area contributed by atoms with Gasteiger partial charge in [0.1, 0.15) is 5.41 Å². The van der Waals surface area contributed by atoms with E-state index in [2.05, 4.69) is 78.6 Å². The molecule has 1 aliphatic heterocycles. The zero-order valence-corrected chi connectivity index (χ0v) is 17.3. The van der Waals surface area contributed by atoms with Gasteiger partial charge in [0, 0.05) is 11.4 Å². The number of carbonyl (C=O) groups is 1. The molecule has 0 saturated heterocycles. The van der Waals surface area contributed by atoms with E-state index in [0.717, 1.165) is 35.4 Å². The molecule has 2 atom stereocenters. The molecule has 30 heavy (non-hydrogen) atoms. The van der Waals surface area contributed by atoms with Crippen LogP contribution in [0.1, 0.15) is 29.5 Å². The Kier molecular flexibility index (Phi) is 4.28. The summed E-state index contributed by atoms with van der Waals surface area (Å²) in [5, 5.41) is 0. The monoisotopic (exact) mass is 395 g/mol. The smallest absolute Gasteiger partial charge is 0.318 e. The van der Waals surface area contributed by atoms with E-state index in [1.807, 2.05) is 24.3 Å². The topological polar surface area (TPSA) is 29.5 Å². The first-order valence-corrected chi connectivity index (χ1v) is 10.4. The highest BCUT2D eigenvalue weighted by Gasteiger charge is 2.70. The Bertz CT molecular complexity index is 1100. The number of aryl methyl sites for hydroxylation is 1. The summed E-state index contributed by atoms with van der Waals surface area (Å²) < 4.78 is 5.38. The number of carbonyl (C=O) groups excluding carboxylic acids is 1. The highest BCUT2D eigenvalue weighted by molar-refractivity contribution is 5.96. The van der Waals surface area contributed by atoms with Gasteiger partial charge in [0.05, 0.1) is 12.6 Å².